The van der Waals surface area contributed by atoms with Gasteiger partial charge in [0.2, 0.25) is 0 Å². The summed E-state index contributed by atoms with van der Waals surface area (Å²) in [5, 5.41) is 8.38. The topological polar surface area (TPSA) is 51.8 Å². The van der Waals surface area contributed by atoms with Gasteiger partial charge in [-0.2, -0.15) is 5.10 Å². The number of rotatable bonds is 3. The van der Waals surface area contributed by atoms with E-state index in [4.69, 9.17) is 17.3 Å². The first kappa shape index (κ1) is 12.0. The Hall–Kier alpha value is -1.45. The number of hydrogen-bond donors (Lipinski definition) is 1. The highest BCUT2D eigenvalue weighted by atomic mass is 35.5. The number of benzene rings is 1. The van der Waals surface area contributed by atoms with E-state index in [1.807, 2.05) is 24.3 Å². The third-order valence-electron chi connectivity index (χ3n) is 2.84. The summed E-state index contributed by atoms with van der Waals surface area (Å²) in [7, 11) is 0. The standard InChI is InChI=1S/C13H14ClN3/c1-9(12-6-7-13(14)17-16-12)11-5-3-2-4-10(11)8-15/h2-7,9H,8,15H2,1H3. The highest BCUT2D eigenvalue weighted by molar-refractivity contribution is 6.29. The molecule has 1 aromatic carbocycles. The molecule has 0 amide bonds. The van der Waals surface area contributed by atoms with Crippen LogP contribution in [-0.2, 0) is 6.54 Å². The minimum Gasteiger partial charge on any atom is -0.326 e. The summed E-state index contributed by atoms with van der Waals surface area (Å²) >= 11 is 5.73. The zero-order valence-corrected chi connectivity index (χ0v) is 10.4. The minimum absolute atomic E-state index is 0.166. The number of nitrogens with zero attached hydrogens (tertiary/aromatic N) is 2. The molecule has 1 unspecified atom stereocenters. The zero-order chi connectivity index (χ0) is 12.3. The second-order valence-electron chi connectivity index (χ2n) is 3.91. The van der Waals surface area contributed by atoms with Crippen molar-refractivity contribution in [1.82, 2.24) is 10.2 Å². The molecule has 0 aliphatic carbocycles. The summed E-state index contributed by atoms with van der Waals surface area (Å²) in [5.74, 6) is 0.166. The van der Waals surface area contributed by atoms with E-state index < -0.39 is 0 Å². The average Bonchev–Trinajstić information content (AvgIpc) is 2.39. The largest absolute Gasteiger partial charge is 0.326 e. The fourth-order valence-electron chi connectivity index (χ4n) is 1.86. The quantitative estimate of drug-likeness (QED) is 0.907. The van der Waals surface area contributed by atoms with Crippen LogP contribution in [0.3, 0.4) is 0 Å². The molecule has 0 aliphatic heterocycles. The Labute approximate surface area is 106 Å². The lowest BCUT2D eigenvalue weighted by molar-refractivity contribution is 0.808. The van der Waals surface area contributed by atoms with Gasteiger partial charge in [-0.15, -0.1) is 5.10 Å². The molecule has 2 aromatic rings. The van der Waals surface area contributed by atoms with Crippen molar-refractivity contribution >= 4 is 11.6 Å². The van der Waals surface area contributed by atoms with E-state index >= 15 is 0 Å². The van der Waals surface area contributed by atoms with Crippen LogP contribution in [0, 0.1) is 0 Å². The number of halogens is 1. The maximum Gasteiger partial charge on any atom is 0.151 e. The van der Waals surface area contributed by atoms with Crippen molar-refractivity contribution in [3.63, 3.8) is 0 Å². The van der Waals surface area contributed by atoms with Gasteiger partial charge in [0.15, 0.2) is 5.15 Å². The van der Waals surface area contributed by atoms with E-state index in [0.717, 1.165) is 11.3 Å². The van der Waals surface area contributed by atoms with E-state index in [0.29, 0.717) is 11.7 Å². The van der Waals surface area contributed by atoms with Crippen LogP contribution in [0.5, 0.6) is 0 Å². The molecule has 0 saturated carbocycles. The van der Waals surface area contributed by atoms with Crippen molar-refractivity contribution in [2.75, 3.05) is 0 Å². The van der Waals surface area contributed by atoms with Crippen molar-refractivity contribution in [1.29, 1.82) is 0 Å². The smallest absolute Gasteiger partial charge is 0.151 e. The first-order valence-electron chi connectivity index (χ1n) is 5.49. The Morgan fingerprint density at radius 2 is 1.94 bits per heavy atom. The number of nitrogens with two attached hydrogens (primary N) is 1. The van der Waals surface area contributed by atoms with Crippen molar-refractivity contribution < 1.29 is 0 Å². The van der Waals surface area contributed by atoms with Gasteiger partial charge >= 0.3 is 0 Å². The molecule has 17 heavy (non-hydrogen) atoms. The molecule has 0 fully saturated rings. The van der Waals surface area contributed by atoms with Crippen molar-refractivity contribution in [2.45, 2.75) is 19.4 Å². The third kappa shape index (κ3) is 2.62. The Morgan fingerprint density at radius 1 is 1.18 bits per heavy atom. The minimum atomic E-state index is 0.166. The van der Waals surface area contributed by atoms with E-state index in [2.05, 4.69) is 23.2 Å². The molecule has 2 rings (SSSR count). The molecule has 1 atom stereocenters. The van der Waals surface area contributed by atoms with Gasteiger partial charge in [-0.25, -0.2) is 0 Å². The summed E-state index contributed by atoms with van der Waals surface area (Å²) in [6.45, 7) is 2.62. The van der Waals surface area contributed by atoms with Crippen LogP contribution >= 0.6 is 11.6 Å². The maximum absolute atomic E-state index is 5.73. The second-order valence-corrected chi connectivity index (χ2v) is 4.29. The molecule has 0 bridgehead atoms. The van der Waals surface area contributed by atoms with Crippen LogP contribution in [0.15, 0.2) is 36.4 Å². The Morgan fingerprint density at radius 3 is 2.59 bits per heavy atom. The lowest BCUT2D eigenvalue weighted by atomic mass is 9.93. The zero-order valence-electron chi connectivity index (χ0n) is 9.60. The molecule has 88 valence electrons. The van der Waals surface area contributed by atoms with Crippen LogP contribution in [0.25, 0.3) is 0 Å². The molecule has 1 aromatic heterocycles. The molecular weight excluding hydrogens is 234 g/mol. The third-order valence-corrected chi connectivity index (χ3v) is 3.04. The van der Waals surface area contributed by atoms with Gasteiger partial charge in [0.25, 0.3) is 0 Å². The van der Waals surface area contributed by atoms with E-state index in [1.54, 1.807) is 6.07 Å². The summed E-state index contributed by atoms with van der Waals surface area (Å²) in [4.78, 5) is 0. The Balaban J connectivity index is 2.36. The van der Waals surface area contributed by atoms with Crippen molar-refractivity contribution in [2.24, 2.45) is 5.73 Å². The van der Waals surface area contributed by atoms with E-state index in [-0.39, 0.29) is 5.92 Å². The fourth-order valence-corrected chi connectivity index (χ4v) is 1.96. The van der Waals surface area contributed by atoms with Crippen LogP contribution in [0.1, 0.15) is 29.7 Å². The predicted molar refractivity (Wildman–Crippen MR) is 68.9 cm³/mol. The predicted octanol–water partition coefficient (Wildman–Crippen LogP) is 2.74. The highest BCUT2D eigenvalue weighted by Crippen LogP contribution is 2.25. The van der Waals surface area contributed by atoms with Crippen LogP contribution in [-0.4, -0.2) is 10.2 Å². The Kier molecular flexibility index (Phi) is 3.71. The first-order chi connectivity index (χ1) is 8.22. The summed E-state index contributed by atoms with van der Waals surface area (Å²) < 4.78 is 0. The number of aromatic nitrogens is 2. The van der Waals surface area contributed by atoms with Crippen molar-refractivity contribution in [3.8, 4) is 0 Å². The first-order valence-corrected chi connectivity index (χ1v) is 5.87. The summed E-state index contributed by atoms with van der Waals surface area (Å²) in [6.07, 6.45) is 0. The average molecular weight is 248 g/mol. The number of hydrogen-bond acceptors (Lipinski definition) is 3. The van der Waals surface area contributed by atoms with Gasteiger partial charge in [0.1, 0.15) is 0 Å². The molecule has 0 radical (unpaired) electrons. The van der Waals surface area contributed by atoms with E-state index in [1.165, 1.54) is 5.56 Å². The van der Waals surface area contributed by atoms with Gasteiger partial charge in [-0.05, 0) is 23.3 Å². The van der Waals surface area contributed by atoms with Gasteiger partial charge in [-0.3, -0.25) is 0 Å². The maximum atomic E-state index is 5.73. The summed E-state index contributed by atoms with van der Waals surface area (Å²) in [5.41, 5.74) is 8.95. The molecule has 0 spiro atoms. The van der Waals surface area contributed by atoms with Crippen LogP contribution < -0.4 is 5.73 Å². The molecular formula is C13H14ClN3. The summed E-state index contributed by atoms with van der Waals surface area (Å²) in [6, 6.07) is 11.8. The van der Waals surface area contributed by atoms with E-state index in [9.17, 15) is 0 Å². The van der Waals surface area contributed by atoms with Crippen molar-refractivity contribution in [3.05, 3.63) is 58.4 Å². The lowest BCUT2D eigenvalue weighted by Crippen LogP contribution is -2.07. The Bertz CT molecular complexity index is 496. The SMILES string of the molecule is CC(c1ccc(Cl)nn1)c1ccccc1CN. The van der Waals surface area contributed by atoms with Crippen LogP contribution in [0.4, 0.5) is 0 Å². The molecule has 0 saturated heterocycles. The fraction of sp³-hybridized carbons (Fsp3) is 0.231. The normalized spacial score (nSPS) is 12.4. The molecule has 4 heteroatoms. The molecule has 2 N–H and O–H groups in total. The van der Waals surface area contributed by atoms with Gasteiger partial charge in [-0.1, -0.05) is 42.8 Å². The van der Waals surface area contributed by atoms with Crippen LogP contribution in [0.2, 0.25) is 5.15 Å². The van der Waals surface area contributed by atoms with Gasteiger partial charge in [0.05, 0.1) is 5.69 Å². The highest BCUT2D eigenvalue weighted by Gasteiger charge is 2.13. The van der Waals surface area contributed by atoms with Gasteiger partial charge in [0, 0.05) is 12.5 Å². The molecule has 1 heterocycles. The second kappa shape index (κ2) is 5.25. The van der Waals surface area contributed by atoms with Gasteiger partial charge < -0.3 is 5.73 Å². The molecule has 0 aliphatic rings. The monoisotopic (exact) mass is 247 g/mol. The molecule has 3 nitrogen and oxygen atoms in total. The lowest BCUT2D eigenvalue weighted by Gasteiger charge is -2.14.